The molecule has 5 heteroatoms. The number of hydrogen-bond donors (Lipinski definition) is 0. The van der Waals surface area contributed by atoms with Crippen LogP contribution >= 0.6 is 11.6 Å². The number of rotatable bonds is 4. The summed E-state index contributed by atoms with van der Waals surface area (Å²) >= 11 is 5.85. The van der Waals surface area contributed by atoms with Crippen LogP contribution in [-0.2, 0) is 0 Å². The number of nitrogens with zero attached hydrogens (tertiary/aromatic N) is 2. The van der Waals surface area contributed by atoms with Gasteiger partial charge in [0.15, 0.2) is 0 Å². The van der Waals surface area contributed by atoms with Gasteiger partial charge in [-0.1, -0.05) is 17.7 Å². The van der Waals surface area contributed by atoms with Crippen molar-refractivity contribution in [3.63, 3.8) is 0 Å². The monoisotopic (exact) mass is 240 g/mol. The van der Waals surface area contributed by atoms with Crippen LogP contribution in [0.15, 0.2) is 18.2 Å². The Morgan fingerprint density at radius 1 is 1.56 bits per heavy atom. The second-order valence-electron chi connectivity index (χ2n) is 4.19. The molecule has 1 saturated carbocycles. The Hall–Kier alpha value is -1.29. The standard InChI is InChI=1S/C11H13ClN2O2/c1-13(7-8-5-6-8)10-4-2-3-9(12)11(10)14(15)16/h2-4,8H,5-7H2,1H3. The number of hydrogen-bond acceptors (Lipinski definition) is 3. The minimum Gasteiger partial charge on any atom is -0.369 e. The number of halogens is 1. The van der Waals surface area contributed by atoms with Gasteiger partial charge in [-0.05, 0) is 30.9 Å². The van der Waals surface area contributed by atoms with Gasteiger partial charge in [0.2, 0.25) is 0 Å². The Kier molecular flexibility index (Phi) is 3.01. The van der Waals surface area contributed by atoms with Gasteiger partial charge in [0.1, 0.15) is 10.7 Å². The van der Waals surface area contributed by atoms with Crippen LogP contribution in [-0.4, -0.2) is 18.5 Å². The summed E-state index contributed by atoms with van der Waals surface area (Å²) in [6.07, 6.45) is 2.44. The first-order chi connectivity index (χ1) is 7.59. The fraction of sp³-hybridized carbons (Fsp3) is 0.455. The molecule has 1 aliphatic carbocycles. The van der Waals surface area contributed by atoms with Crippen molar-refractivity contribution < 1.29 is 4.92 Å². The van der Waals surface area contributed by atoms with E-state index in [4.69, 9.17) is 11.6 Å². The molecular formula is C11H13ClN2O2. The molecule has 16 heavy (non-hydrogen) atoms. The van der Waals surface area contributed by atoms with Gasteiger partial charge in [-0.2, -0.15) is 0 Å². The molecule has 0 radical (unpaired) electrons. The minimum atomic E-state index is -0.416. The Bertz CT molecular complexity index is 418. The second-order valence-corrected chi connectivity index (χ2v) is 4.60. The average Bonchev–Trinajstić information content (AvgIpc) is 3.00. The van der Waals surface area contributed by atoms with Crippen LogP contribution in [0.1, 0.15) is 12.8 Å². The van der Waals surface area contributed by atoms with Crippen LogP contribution < -0.4 is 4.90 Å². The molecule has 0 aromatic heterocycles. The number of benzene rings is 1. The molecule has 4 nitrogen and oxygen atoms in total. The molecule has 1 aromatic rings. The largest absolute Gasteiger partial charge is 0.369 e. The highest BCUT2D eigenvalue weighted by Crippen LogP contribution is 2.37. The number of nitro groups is 1. The summed E-state index contributed by atoms with van der Waals surface area (Å²) in [5, 5.41) is 11.1. The molecule has 0 amide bonds. The second kappa shape index (κ2) is 4.29. The fourth-order valence-electron chi connectivity index (χ4n) is 1.78. The van der Waals surface area contributed by atoms with E-state index in [1.807, 2.05) is 11.9 Å². The molecule has 0 atom stereocenters. The molecule has 0 saturated heterocycles. The van der Waals surface area contributed by atoms with Crippen molar-refractivity contribution >= 4 is 23.0 Å². The maximum atomic E-state index is 10.9. The third-order valence-electron chi connectivity index (χ3n) is 2.79. The van der Waals surface area contributed by atoms with Crippen molar-refractivity contribution in [3.05, 3.63) is 33.3 Å². The number of anilines is 1. The first-order valence-corrected chi connectivity index (χ1v) is 5.61. The van der Waals surface area contributed by atoms with Crippen molar-refractivity contribution in [3.8, 4) is 0 Å². The quantitative estimate of drug-likeness (QED) is 0.600. The predicted octanol–water partition coefficient (Wildman–Crippen LogP) is 3.09. The smallest absolute Gasteiger partial charge is 0.310 e. The Balaban J connectivity index is 2.30. The van der Waals surface area contributed by atoms with Crippen molar-refractivity contribution in [1.82, 2.24) is 0 Å². The van der Waals surface area contributed by atoms with Crippen LogP contribution in [0.2, 0.25) is 5.02 Å². The lowest BCUT2D eigenvalue weighted by Crippen LogP contribution is -2.21. The number of nitro benzene ring substituents is 1. The molecular weight excluding hydrogens is 228 g/mol. The zero-order valence-electron chi connectivity index (χ0n) is 9.02. The van der Waals surface area contributed by atoms with Crippen LogP contribution in [0.5, 0.6) is 0 Å². The van der Waals surface area contributed by atoms with Gasteiger partial charge >= 0.3 is 5.69 Å². The van der Waals surface area contributed by atoms with Crippen LogP contribution in [0.25, 0.3) is 0 Å². The third kappa shape index (κ3) is 2.27. The zero-order valence-corrected chi connectivity index (χ0v) is 9.78. The van der Waals surface area contributed by atoms with Gasteiger partial charge in [-0.15, -0.1) is 0 Å². The Morgan fingerprint density at radius 2 is 2.25 bits per heavy atom. The molecule has 86 valence electrons. The maximum Gasteiger partial charge on any atom is 0.310 e. The summed E-state index contributed by atoms with van der Waals surface area (Å²) in [6, 6.07) is 5.04. The maximum absolute atomic E-state index is 10.9. The van der Waals surface area contributed by atoms with Crippen molar-refractivity contribution in [2.75, 3.05) is 18.5 Å². The molecule has 1 aromatic carbocycles. The van der Waals surface area contributed by atoms with Gasteiger partial charge in [-0.3, -0.25) is 10.1 Å². The SMILES string of the molecule is CN(CC1CC1)c1cccc(Cl)c1[N+](=O)[O-]. The van der Waals surface area contributed by atoms with E-state index >= 15 is 0 Å². The average molecular weight is 241 g/mol. The molecule has 1 aliphatic rings. The molecule has 0 aliphatic heterocycles. The summed E-state index contributed by atoms with van der Waals surface area (Å²) < 4.78 is 0. The first-order valence-electron chi connectivity index (χ1n) is 5.23. The molecule has 0 N–H and O–H groups in total. The van der Waals surface area contributed by atoms with E-state index in [0.29, 0.717) is 11.6 Å². The highest BCUT2D eigenvalue weighted by molar-refractivity contribution is 6.33. The highest BCUT2D eigenvalue weighted by atomic mass is 35.5. The van der Waals surface area contributed by atoms with Crippen molar-refractivity contribution in [1.29, 1.82) is 0 Å². The molecule has 0 unspecified atom stereocenters. The summed E-state index contributed by atoms with van der Waals surface area (Å²) in [5.74, 6) is 0.684. The lowest BCUT2D eigenvalue weighted by atomic mass is 10.2. The summed E-state index contributed by atoms with van der Waals surface area (Å²) in [6.45, 7) is 0.862. The van der Waals surface area contributed by atoms with E-state index in [1.54, 1.807) is 18.2 Å². The lowest BCUT2D eigenvalue weighted by molar-refractivity contribution is -0.384. The summed E-state index contributed by atoms with van der Waals surface area (Å²) in [4.78, 5) is 12.4. The van der Waals surface area contributed by atoms with E-state index < -0.39 is 4.92 Å². The minimum absolute atomic E-state index is 0.00677. The van der Waals surface area contributed by atoms with Crippen LogP contribution in [0.4, 0.5) is 11.4 Å². The lowest BCUT2D eigenvalue weighted by Gasteiger charge is -2.19. The van der Waals surface area contributed by atoms with Crippen LogP contribution in [0.3, 0.4) is 0 Å². The van der Waals surface area contributed by atoms with Crippen molar-refractivity contribution in [2.24, 2.45) is 5.92 Å². The fourth-order valence-corrected chi connectivity index (χ4v) is 2.02. The molecule has 0 heterocycles. The van der Waals surface area contributed by atoms with E-state index in [9.17, 15) is 10.1 Å². The zero-order chi connectivity index (χ0) is 11.7. The van der Waals surface area contributed by atoms with E-state index in [-0.39, 0.29) is 10.7 Å². The van der Waals surface area contributed by atoms with E-state index in [2.05, 4.69) is 0 Å². The molecule has 0 spiro atoms. The molecule has 1 fully saturated rings. The first kappa shape index (κ1) is 11.2. The number of para-hydroxylation sites is 1. The van der Waals surface area contributed by atoms with Gasteiger partial charge in [-0.25, -0.2) is 0 Å². The Morgan fingerprint density at radius 3 is 2.81 bits per heavy atom. The normalized spacial score (nSPS) is 14.9. The Labute approximate surface area is 99.0 Å². The summed E-state index contributed by atoms with van der Waals surface area (Å²) in [5.41, 5.74) is 0.608. The topological polar surface area (TPSA) is 46.4 Å². The van der Waals surface area contributed by atoms with E-state index in [1.165, 1.54) is 12.8 Å². The van der Waals surface area contributed by atoms with Crippen LogP contribution in [0, 0.1) is 16.0 Å². The van der Waals surface area contributed by atoms with Crippen molar-refractivity contribution in [2.45, 2.75) is 12.8 Å². The molecule has 0 bridgehead atoms. The van der Waals surface area contributed by atoms with Gasteiger partial charge in [0.25, 0.3) is 0 Å². The van der Waals surface area contributed by atoms with Gasteiger partial charge in [0, 0.05) is 13.6 Å². The van der Waals surface area contributed by atoms with Gasteiger partial charge < -0.3 is 4.90 Å². The highest BCUT2D eigenvalue weighted by Gasteiger charge is 2.27. The third-order valence-corrected chi connectivity index (χ3v) is 3.09. The summed E-state index contributed by atoms with van der Waals surface area (Å²) in [7, 11) is 1.87. The predicted molar refractivity (Wildman–Crippen MR) is 64.1 cm³/mol. The van der Waals surface area contributed by atoms with Gasteiger partial charge in [0.05, 0.1) is 4.92 Å². The molecule has 2 rings (SSSR count). The van der Waals surface area contributed by atoms with E-state index in [0.717, 1.165) is 6.54 Å².